The molecule has 2 aromatic rings. The lowest BCUT2D eigenvalue weighted by Crippen LogP contribution is -2.24. The van der Waals surface area contributed by atoms with Crippen LogP contribution in [0.4, 0.5) is 0 Å². The van der Waals surface area contributed by atoms with Crippen molar-refractivity contribution in [2.75, 3.05) is 6.54 Å². The van der Waals surface area contributed by atoms with E-state index in [2.05, 4.69) is 69.6 Å². The van der Waals surface area contributed by atoms with Crippen LogP contribution in [0.15, 0.2) is 47.1 Å². The van der Waals surface area contributed by atoms with Gasteiger partial charge in [-0.3, -0.25) is 4.98 Å². The van der Waals surface area contributed by atoms with E-state index >= 15 is 0 Å². The highest BCUT2D eigenvalue weighted by Crippen LogP contribution is 2.20. The van der Waals surface area contributed by atoms with Crippen LogP contribution in [0.2, 0.25) is 0 Å². The smallest absolute Gasteiger partial charge is 0.0375 e. The summed E-state index contributed by atoms with van der Waals surface area (Å²) in [4.78, 5) is 4.29. The molecule has 0 spiro atoms. The van der Waals surface area contributed by atoms with E-state index in [9.17, 15) is 0 Å². The highest BCUT2D eigenvalue weighted by Gasteiger charge is 2.11. The normalized spacial score (nSPS) is 12.3. The maximum absolute atomic E-state index is 4.29. The molecule has 1 atom stereocenters. The Balaban J connectivity index is 2.16. The van der Waals surface area contributed by atoms with Crippen LogP contribution in [0.3, 0.4) is 0 Å². The van der Waals surface area contributed by atoms with Crippen molar-refractivity contribution in [2.45, 2.75) is 32.7 Å². The lowest BCUT2D eigenvalue weighted by atomic mass is 9.99. The van der Waals surface area contributed by atoms with Gasteiger partial charge in [0, 0.05) is 22.4 Å². The van der Waals surface area contributed by atoms with Crippen molar-refractivity contribution in [2.24, 2.45) is 0 Å². The molecule has 1 aromatic carbocycles. The fourth-order valence-electron chi connectivity index (χ4n) is 2.27. The molecule has 0 aliphatic carbocycles. The van der Waals surface area contributed by atoms with Gasteiger partial charge in [0.1, 0.15) is 0 Å². The average molecular weight is 333 g/mol. The maximum Gasteiger partial charge on any atom is 0.0375 e. The molecular weight excluding hydrogens is 312 g/mol. The summed E-state index contributed by atoms with van der Waals surface area (Å²) in [6.45, 7) is 5.27. The molecule has 3 heteroatoms. The van der Waals surface area contributed by atoms with Crippen molar-refractivity contribution in [1.82, 2.24) is 10.3 Å². The van der Waals surface area contributed by atoms with Gasteiger partial charge in [0.25, 0.3) is 0 Å². The molecule has 0 radical (unpaired) electrons. The highest BCUT2D eigenvalue weighted by atomic mass is 79.9. The van der Waals surface area contributed by atoms with Crippen molar-refractivity contribution < 1.29 is 0 Å². The Morgan fingerprint density at radius 1 is 1.20 bits per heavy atom. The zero-order chi connectivity index (χ0) is 14.4. The Hall–Kier alpha value is -1.19. The summed E-state index contributed by atoms with van der Waals surface area (Å²) in [7, 11) is 0. The third-order valence-corrected chi connectivity index (χ3v) is 3.85. The van der Waals surface area contributed by atoms with E-state index in [0.29, 0.717) is 6.04 Å². The van der Waals surface area contributed by atoms with Crippen LogP contribution in [0.1, 0.15) is 36.2 Å². The molecule has 20 heavy (non-hydrogen) atoms. The molecule has 1 N–H and O–H groups in total. The van der Waals surface area contributed by atoms with E-state index in [-0.39, 0.29) is 0 Å². The Kier molecular flexibility index (Phi) is 5.74. The molecule has 106 valence electrons. The topological polar surface area (TPSA) is 24.9 Å². The van der Waals surface area contributed by atoms with Crippen molar-refractivity contribution in [3.63, 3.8) is 0 Å². The largest absolute Gasteiger partial charge is 0.310 e. The molecule has 2 rings (SSSR count). The van der Waals surface area contributed by atoms with E-state index in [1.54, 1.807) is 0 Å². The quantitative estimate of drug-likeness (QED) is 0.846. The Morgan fingerprint density at radius 2 is 1.95 bits per heavy atom. The second-order valence-corrected chi connectivity index (χ2v) is 5.98. The molecule has 0 amide bonds. The van der Waals surface area contributed by atoms with E-state index < -0.39 is 0 Å². The molecule has 0 aliphatic rings. The molecule has 0 fully saturated rings. The van der Waals surface area contributed by atoms with E-state index in [1.807, 2.05) is 13.1 Å². The lowest BCUT2D eigenvalue weighted by Gasteiger charge is -2.19. The zero-order valence-corrected chi connectivity index (χ0v) is 13.7. The SMILES string of the molecule is CCCNC(Cc1ccc(Br)cc1)c1ccnc(C)c1. The summed E-state index contributed by atoms with van der Waals surface area (Å²) in [5.74, 6) is 0. The van der Waals surface area contributed by atoms with Gasteiger partial charge >= 0.3 is 0 Å². The third-order valence-electron chi connectivity index (χ3n) is 3.32. The van der Waals surface area contributed by atoms with E-state index in [0.717, 1.165) is 29.6 Å². The first-order valence-corrected chi connectivity index (χ1v) is 7.88. The minimum atomic E-state index is 0.345. The summed E-state index contributed by atoms with van der Waals surface area (Å²) in [6.07, 6.45) is 4.03. The van der Waals surface area contributed by atoms with E-state index in [1.165, 1.54) is 11.1 Å². The second-order valence-electron chi connectivity index (χ2n) is 5.07. The first-order chi connectivity index (χ1) is 9.69. The van der Waals surface area contributed by atoms with Crippen LogP contribution in [0.25, 0.3) is 0 Å². The van der Waals surface area contributed by atoms with Crippen molar-refractivity contribution in [3.8, 4) is 0 Å². The zero-order valence-electron chi connectivity index (χ0n) is 12.1. The number of nitrogens with one attached hydrogen (secondary N) is 1. The summed E-state index contributed by atoms with van der Waals surface area (Å²) in [5.41, 5.74) is 3.73. The fourth-order valence-corrected chi connectivity index (χ4v) is 2.53. The number of rotatable bonds is 6. The molecule has 1 aromatic heterocycles. The molecule has 0 bridgehead atoms. The molecule has 1 heterocycles. The van der Waals surface area contributed by atoms with Gasteiger partial charge in [0.05, 0.1) is 0 Å². The summed E-state index contributed by atoms with van der Waals surface area (Å²) < 4.78 is 1.12. The minimum absolute atomic E-state index is 0.345. The van der Waals surface area contributed by atoms with Crippen molar-refractivity contribution >= 4 is 15.9 Å². The number of benzene rings is 1. The molecule has 1 unspecified atom stereocenters. The minimum Gasteiger partial charge on any atom is -0.310 e. The Morgan fingerprint density at radius 3 is 2.60 bits per heavy atom. The molecule has 2 nitrogen and oxygen atoms in total. The van der Waals surface area contributed by atoms with Crippen LogP contribution in [-0.2, 0) is 6.42 Å². The van der Waals surface area contributed by atoms with Crippen molar-refractivity contribution in [1.29, 1.82) is 0 Å². The number of hydrogen-bond acceptors (Lipinski definition) is 2. The molecular formula is C17H21BrN2. The van der Waals surface area contributed by atoms with Gasteiger partial charge in [-0.2, -0.15) is 0 Å². The summed E-state index contributed by atoms with van der Waals surface area (Å²) >= 11 is 3.48. The Bertz CT molecular complexity index is 537. The number of halogens is 1. The number of nitrogens with zero attached hydrogens (tertiary/aromatic N) is 1. The number of aryl methyl sites for hydroxylation is 1. The average Bonchev–Trinajstić information content (AvgIpc) is 2.45. The summed E-state index contributed by atoms with van der Waals surface area (Å²) in [6, 6.07) is 13.2. The van der Waals surface area contributed by atoms with Crippen LogP contribution in [0.5, 0.6) is 0 Å². The first kappa shape index (κ1) is 15.2. The van der Waals surface area contributed by atoms with Crippen LogP contribution in [0, 0.1) is 6.92 Å². The van der Waals surface area contributed by atoms with Gasteiger partial charge in [-0.15, -0.1) is 0 Å². The van der Waals surface area contributed by atoms with Crippen LogP contribution < -0.4 is 5.32 Å². The fraction of sp³-hybridized carbons (Fsp3) is 0.353. The van der Waals surface area contributed by atoms with Gasteiger partial charge in [0.15, 0.2) is 0 Å². The number of pyridine rings is 1. The highest BCUT2D eigenvalue weighted by molar-refractivity contribution is 9.10. The van der Waals surface area contributed by atoms with Crippen LogP contribution in [-0.4, -0.2) is 11.5 Å². The van der Waals surface area contributed by atoms with Gasteiger partial charge < -0.3 is 5.32 Å². The first-order valence-electron chi connectivity index (χ1n) is 7.09. The van der Waals surface area contributed by atoms with Gasteiger partial charge in [-0.25, -0.2) is 0 Å². The summed E-state index contributed by atoms with van der Waals surface area (Å²) in [5, 5.41) is 3.64. The van der Waals surface area contributed by atoms with Gasteiger partial charge in [-0.05, 0) is 61.7 Å². The monoisotopic (exact) mass is 332 g/mol. The van der Waals surface area contributed by atoms with Crippen molar-refractivity contribution in [3.05, 3.63) is 63.9 Å². The Labute approximate surface area is 129 Å². The van der Waals surface area contributed by atoms with Crippen LogP contribution >= 0.6 is 15.9 Å². The predicted octanol–water partition coefficient (Wildman–Crippen LogP) is 4.44. The molecule has 0 aliphatic heterocycles. The third kappa shape index (κ3) is 4.43. The number of hydrogen-bond donors (Lipinski definition) is 1. The standard InChI is InChI=1S/C17H21BrN2/c1-3-9-20-17(15-8-10-19-13(2)11-15)12-14-4-6-16(18)7-5-14/h4-8,10-11,17,20H,3,9,12H2,1-2H3. The molecule has 0 saturated carbocycles. The second kappa shape index (κ2) is 7.55. The maximum atomic E-state index is 4.29. The van der Waals surface area contributed by atoms with E-state index in [4.69, 9.17) is 0 Å². The molecule has 0 saturated heterocycles. The predicted molar refractivity (Wildman–Crippen MR) is 87.9 cm³/mol. The lowest BCUT2D eigenvalue weighted by molar-refractivity contribution is 0.528. The van der Waals surface area contributed by atoms with Gasteiger partial charge in [-0.1, -0.05) is 35.0 Å². The number of aromatic nitrogens is 1. The van der Waals surface area contributed by atoms with Gasteiger partial charge in [0.2, 0.25) is 0 Å².